The zero-order valence-corrected chi connectivity index (χ0v) is 12.0. The Morgan fingerprint density at radius 3 is 2.50 bits per heavy atom. The van der Waals surface area contributed by atoms with Gasteiger partial charge in [-0.3, -0.25) is 0 Å². The summed E-state index contributed by atoms with van der Waals surface area (Å²) in [5, 5.41) is 3.73. The van der Waals surface area contributed by atoms with Crippen molar-refractivity contribution < 1.29 is 0 Å². The van der Waals surface area contributed by atoms with Crippen LogP contribution in [0.25, 0.3) is 0 Å². The Morgan fingerprint density at radius 1 is 1.00 bits per heavy atom. The van der Waals surface area contributed by atoms with Crippen molar-refractivity contribution in [3.05, 3.63) is 0 Å². The highest BCUT2D eigenvalue weighted by atomic mass is 15.2. The van der Waals surface area contributed by atoms with E-state index in [1.54, 1.807) is 0 Å². The second-order valence-electron chi connectivity index (χ2n) is 7.10. The predicted molar refractivity (Wildman–Crippen MR) is 76.7 cm³/mol. The summed E-state index contributed by atoms with van der Waals surface area (Å²) < 4.78 is 0. The van der Waals surface area contributed by atoms with E-state index < -0.39 is 0 Å². The van der Waals surface area contributed by atoms with E-state index in [2.05, 4.69) is 17.1 Å². The molecule has 0 amide bonds. The molecule has 0 spiro atoms. The SMILES string of the molecule is CC1CCC(N2CCCC(CNC3CC3)C2)CC1. The molecule has 2 nitrogen and oxygen atoms in total. The summed E-state index contributed by atoms with van der Waals surface area (Å²) in [5.41, 5.74) is 0. The molecule has 1 N–H and O–H groups in total. The number of rotatable bonds is 4. The van der Waals surface area contributed by atoms with Crippen molar-refractivity contribution in [2.24, 2.45) is 11.8 Å². The Bertz CT molecular complexity index is 254. The van der Waals surface area contributed by atoms with Crippen LogP contribution in [0.3, 0.4) is 0 Å². The number of hydrogen-bond acceptors (Lipinski definition) is 2. The highest BCUT2D eigenvalue weighted by molar-refractivity contribution is 4.86. The molecule has 0 aromatic rings. The van der Waals surface area contributed by atoms with Gasteiger partial charge in [0.2, 0.25) is 0 Å². The maximum atomic E-state index is 3.73. The van der Waals surface area contributed by atoms with Gasteiger partial charge in [0.05, 0.1) is 0 Å². The summed E-state index contributed by atoms with van der Waals surface area (Å²) in [7, 11) is 0. The van der Waals surface area contributed by atoms with Crippen LogP contribution in [-0.4, -0.2) is 36.6 Å². The lowest BCUT2D eigenvalue weighted by molar-refractivity contribution is 0.0886. The molecule has 3 aliphatic rings. The maximum Gasteiger partial charge on any atom is 0.00955 e. The lowest BCUT2D eigenvalue weighted by Crippen LogP contribution is -2.46. The molecule has 104 valence electrons. The molecule has 3 rings (SSSR count). The first-order chi connectivity index (χ1) is 8.81. The van der Waals surface area contributed by atoms with E-state index in [0.717, 1.165) is 23.9 Å². The van der Waals surface area contributed by atoms with Gasteiger partial charge in [-0.2, -0.15) is 0 Å². The summed E-state index contributed by atoms with van der Waals surface area (Å²) in [6.07, 6.45) is 11.6. The topological polar surface area (TPSA) is 15.3 Å². The van der Waals surface area contributed by atoms with Gasteiger partial charge in [-0.05, 0) is 76.3 Å². The normalized spacial score (nSPS) is 38.8. The molecule has 0 bridgehead atoms. The number of nitrogens with one attached hydrogen (secondary N) is 1. The van der Waals surface area contributed by atoms with E-state index in [4.69, 9.17) is 0 Å². The van der Waals surface area contributed by atoms with Gasteiger partial charge in [0, 0.05) is 18.6 Å². The third-order valence-electron chi connectivity index (χ3n) is 5.32. The van der Waals surface area contributed by atoms with E-state index in [0.29, 0.717) is 0 Å². The monoisotopic (exact) mass is 250 g/mol. The van der Waals surface area contributed by atoms with Crippen molar-refractivity contribution in [2.75, 3.05) is 19.6 Å². The van der Waals surface area contributed by atoms with Crippen molar-refractivity contribution in [1.82, 2.24) is 10.2 Å². The summed E-state index contributed by atoms with van der Waals surface area (Å²) in [4.78, 5) is 2.83. The minimum atomic E-state index is 0.885. The van der Waals surface area contributed by atoms with Crippen molar-refractivity contribution in [1.29, 1.82) is 0 Å². The van der Waals surface area contributed by atoms with Crippen LogP contribution in [0, 0.1) is 11.8 Å². The zero-order chi connectivity index (χ0) is 12.4. The number of nitrogens with zero attached hydrogens (tertiary/aromatic N) is 1. The fourth-order valence-electron chi connectivity index (χ4n) is 3.82. The third kappa shape index (κ3) is 3.48. The highest BCUT2D eigenvalue weighted by Crippen LogP contribution is 2.30. The van der Waals surface area contributed by atoms with Crippen LogP contribution in [0.2, 0.25) is 0 Å². The maximum absolute atomic E-state index is 3.73. The Kier molecular flexibility index (Phi) is 4.25. The Balaban J connectivity index is 1.43. The van der Waals surface area contributed by atoms with E-state index in [9.17, 15) is 0 Å². The molecule has 18 heavy (non-hydrogen) atoms. The van der Waals surface area contributed by atoms with Gasteiger partial charge < -0.3 is 10.2 Å². The number of hydrogen-bond donors (Lipinski definition) is 1. The fraction of sp³-hybridized carbons (Fsp3) is 1.00. The second kappa shape index (κ2) is 5.92. The molecule has 0 aromatic heterocycles. The quantitative estimate of drug-likeness (QED) is 0.825. The molecule has 1 saturated heterocycles. The van der Waals surface area contributed by atoms with Crippen LogP contribution in [-0.2, 0) is 0 Å². The lowest BCUT2D eigenvalue weighted by Gasteiger charge is -2.41. The minimum Gasteiger partial charge on any atom is -0.314 e. The highest BCUT2D eigenvalue weighted by Gasteiger charge is 2.29. The van der Waals surface area contributed by atoms with E-state index in [-0.39, 0.29) is 0 Å². The average molecular weight is 250 g/mol. The van der Waals surface area contributed by atoms with Gasteiger partial charge in [-0.15, -0.1) is 0 Å². The van der Waals surface area contributed by atoms with Crippen LogP contribution >= 0.6 is 0 Å². The third-order valence-corrected chi connectivity index (χ3v) is 5.32. The van der Waals surface area contributed by atoms with Crippen LogP contribution in [0.4, 0.5) is 0 Å². The molecule has 2 saturated carbocycles. The molecular formula is C16H30N2. The Labute approximate surface area is 113 Å². The molecule has 1 atom stereocenters. The lowest BCUT2D eigenvalue weighted by atomic mass is 9.85. The van der Waals surface area contributed by atoms with E-state index >= 15 is 0 Å². The molecular weight excluding hydrogens is 220 g/mol. The molecule has 1 unspecified atom stereocenters. The number of piperidine rings is 1. The largest absolute Gasteiger partial charge is 0.314 e. The molecule has 2 aliphatic carbocycles. The molecule has 3 fully saturated rings. The minimum absolute atomic E-state index is 0.885. The van der Waals surface area contributed by atoms with Crippen molar-refractivity contribution in [2.45, 2.75) is 70.4 Å². The van der Waals surface area contributed by atoms with Gasteiger partial charge in [-0.25, -0.2) is 0 Å². The standard InChI is InChI=1S/C16H30N2/c1-13-4-8-16(9-5-13)18-10-2-3-14(12-18)11-17-15-6-7-15/h13-17H,2-12H2,1H3. The zero-order valence-electron chi connectivity index (χ0n) is 12.0. The van der Waals surface area contributed by atoms with E-state index in [1.807, 2.05) is 0 Å². The van der Waals surface area contributed by atoms with Gasteiger partial charge in [0.1, 0.15) is 0 Å². The van der Waals surface area contributed by atoms with Crippen LogP contribution in [0.15, 0.2) is 0 Å². The van der Waals surface area contributed by atoms with Crippen molar-refractivity contribution in [3.63, 3.8) is 0 Å². The molecule has 2 heteroatoms. The smallest absolute Gasteiger partial charge is 0.00955 e. The van der Waals surface area contributed by atoms with Gasteiger partial charge in [0.25, 0.3) is 0 Å². The average Bonchev–Trinajstić information content (AvgIpc) is 3.22. The Morgan fingerprint density at radius 2 is 1.78 bits per heavy atom. The first-order valence-electron chi connectivity index (χ1n) is 8.28. The van der Waals surface area contributed by atoms with Crippen molar-refractivity contribution in [3.8, 4) is 0 Å². The molecule has 0 aromatic carbocycles. The number of likely N-dealkylation sites (tertiary alicyclic amines) is 1. The van der Waals surface area contributed by atoms with Crippen LogP contribution in [0.1, 0.15) is 58.3 Å². The second-order valence-corrected chi connectivity index (χ2v) is 7.10. The first-order valence-corrected chi connectivity index (χ1v) is 8.28. The molecule has 1 heterocycles. The van der Waals surface area contributed by atoms with Gasteiger partial charge >= 0.3 is 0 Å². The summed E-state index contributed by atoms with van der Waals surface area (Å²) in [6.45, 7) is 6.46. The van der Waals surface area contributed by atoms with Gasteiger partial charge in [0.15, 0.2) is 0 Å². The fourth-order valence-corrected chi connectivity index (χ4v) is 3.82. The summed E-state index contributed by atoms with van der Waals surface area (Å²) >= 11 is 0. The Hall–Kier alpha value is -0.0800. The summed E-state index contributed by atoms with van der Waals surface area (Å²) in [6, 6.07) is 1.81. The van der Waals surface area contributed by atoms with Crippen LogP contribution in [0.5, 0.6) is 0 Å². The molecule has 1 aliphatic heterocycles. The van der Waals surface area contributed by atoms with Crippen molar-refractivity contribution >= 4 is 0 Å². The molecule has 0 radical (unpaired) electrons. The van der Waals surface area contributed by atoms with Gasteiger partial charge in [-0.1, -0.05) is 6.92 Å². The predicted octanol–water partition coefficient (Wildman–Crippen LogP) is 3.03. The first kappa shape index (κ1) is 12.9. The summed E-state index contributed by atoms with van der Waals surface area (Å²) in [5.74, 6) is 1.91. The van der Waals surface area contributed by atoms with E-state index in [1.165, 1.54) is 71.0 Å². The van der Waals surface area contributed by atoms with Crippen LogP contribution < -0.4 is 5.32 Å².